The van der Waals surface area contributed by atoms with Crippen LogP contribution in [-0.4, -0.2) is 42.4 Å². The van der Waals surface area contributed by atoms with Gasteiger partial charge in [-0.25, -0.2) is 13.4 Å². The first-order valence-electron chi connectivity index (χ1n) is 9.13. The van der Waals surface area contributed by atoms with Gasteiger partial charge in [0, 0.05) is 32.2 Å². The molecule has 2 aromatic carbocycles. The van der Waals surface area contributed by atoms with Gasteiger partial charge >= 0.3 is 0 Å². The molecule has 154 valence electrons. The molecule has 3 rings (SSSR count). The van der Waals surface area contributed by atoms with E-state index < -0.39 is 10.0 Å². The Kier molecular flexibility index (Phi) is 6.38. The van der Waals surface area contributed by atoms with E-state index in [0.717, 1.165) is 0 Å². The molecule has 0 saturated heterocycles. The van der Waals surface area contributed by atoms with Gasteiger partial charge in [-0.15, -0.1) is 0 Å². The number of benzene rings is 2. The van der Waals surface area contributed by atoms with Crippen molar-refractivity contribution in [2.75, 3.05) is 20.1 Å². The predicted molar refractivity (Wildman–Crippen MR) is 115 cm³/mol. The topological polar surface area (TPSA) is 84.3 Å². The van der Waals surface area contributed by atoms with Crippen molar-refractivity contribution in [3.63, 3.8) is 0 Å². The van der Waals surface area contributed by atoms with Crippen molar-refractivity contribution in [1.29, 1.82) is 0 Å². The molecule has 1 aromatic heterocycles. The molecule has 3 aromatic rings. The number of para-hydroxylation sites is 1. The van der Waals surface area contributed by atoms with Crippen LogP contribution in [0.25, 0.3) is 10.9 Å². The number of hydrogen-bond donors (Lipinski definition) is 1. The summed E-state index contributed by atoms with van der Waals surface area (Å²) < 4.78 is 28.1. The number of nitrogens with one attached hydrogen (secondary N) is 1. The van der Waals surface area contributed by atoms with Crippen molar-refractivity contribution in [2.24, 2.45) is 7.05 Å². The van der Waals surface area contributed by atoms with E-state index in [1.807, 2.05) is 19.1 Å². The molecule has 0 spiro atoms. The van der Waals surface area contributed by atoms with E-state index in [2.05, 4.69) is 10.3 Å². The molecule has 1 unspecified atom stereocenters. The molecular formula is C20H23ClN4O3S. The summed E-state index contributed by atoms with van der Waals surface area (Å²) in [6.45, 7) is 2.55. The van der Waals surface area contributed by atoms with E-state index in [4.69, 9.17) is 11.6 Å². The van der Waals surface area contributed by atoms with Crippen molar-refractivity contribution in [2.45, 2.75) is 17.9 Å². The maximum Gasteiger partial charge on any atom is 0.261 e. The molecule has 1 heterocycles. The number of likely N-dealkylation sites (N-methyl/N-ethyl adjacent to an activating group) is 1. The van der Waals surface area contributed by atoms with Crippen LogP contribution in [0.15, 0.2) is 58.2 Å². The standard InChI is InChI=1S/C20H23ClN4O3S/c1-14(19-23-18-7-5-4-6-17(18)20(26)25(19)3)22-12-13-24(2)29(27,28)16-10-8-15(21)9-11-16/h4-11,14,22H,12-13H2,1-3H3. The van der Waals surface area contributed by atoms with Crippen molar-refractivity contribution >= 4 is 32.5 Å². The Morgan fingerprint density at radius 3 is 2.52 bits per heavy atom. The van der Waals surface area contributed by atoms with E-state index in [9.17, 15) is 13.2 Å². The Bertz CT molecular complexity index is 1180. The van der Waals surface area contributed by atoms with Crippen LogP contribution in [0.2, 0.25) is 5.02 Å². The Morgan fingerprint density at radius 2 is 1.83 bits per heavy atom. The quantitative estimate of drug-likeness (QED) is 0.617. The smallest absolute Gasteiger partial charge is 0.261 e. The van der Waals surface area contributed by atoms with E-state index in [0.29, 0.717) is 28.3 Å². The average molecular weight is 435 g/mol. The number of aromatic nitrogens is 2. The van der Waals surface area contributed by atoms with Crippen LogP contribution in [0.1, 0.15) is 18.8 Å². The highest BCUT2D eigenvalue weighted by atomic mass is 35.5. The third kappa shape index (κ3) is 4.51. The number of hydrogen-bond acceptors (Lipinski definition) is 5. The van der Waals surface area contributed by atoms with Gasteiger partial charge < -0.3 is 5.32 Å². The molecule has 0 aliphatic heterocycles. The summed E-state index contributed by atoms with van der Waals surface area (Å²) in [4.78, 5) is 17.3. The van der Waals surface area contributed by atoms with Crippen molar-refractivity contribution in [3.8, 4) is 0 Å². The Morgan fingerprint density at radius 1 is 1.17 bits per heavy atom. The summed E-state index contributed by atoms with van der Waals surface area (Å²) in [5.41, 5.74) is 0.531. The van der Waals surface area contributed by atoms with E-state index >= 15 is 0 Å². The van der Waals surface area contributed by atoms with Gasteiger partial charge in [-0.1, -0.05) is 23.7 Å². The SMILES string of the molecule is CC(NCCN(C)S(=O)(=O)c1ccc(Cl)cc1)c1nc2ccccc2c(=O)n1C. The number of sulfonamides is 1. The summed E-state index contributed by atoms with van der Waals surface area (Å²) in [5.74, 6) is 0.594. The minimum Gasteiger partial charge on any atom is -0.306 e. The fraction of sp³-hybridized carbons (Fsp3) is 0.300. The summed E-state index contributed by atoms with van der Waals surface area (Å²) in [6, 6.07) is 13.0. The van der Waals surface area contributed by atoms with E-state index in [1.54, 1.807) is 31.3 Å². The molecule has 0 amide bonds. The molecule has 1 N–H and O–H groups in total. The van der Waals surface area contributed by atoms with E-state index in [1.165, 1.54) is 28.1 Å². The summed E-state index contributed by atoms with van der Waals surface area (Å²) >= 11 is 5.83. The van der Waals surface area contributed by atoms with Crippen LogP contribution in [0, 0.1) is 0 Å². The second kappa shape index (κ2) is 8.62. The minimum absolute atomic E-state index is 0.110. The molecule has 7 nitrogen and oxygen atoms in total. The fourth-order valence-corrected chi connectivity index (χ4v) is 4.36. The Labute approximate surface area is 175 Å². The first kappa shape index (κ1) is 21.4. The summed E-state index contributed by atoms with van der Waals surface area (Å²) in [5, 5.41) is 4.30. The summed E-state index contributed by atoms with van der Waals surface area (Å²) in [6.07, 6.45) is 0. The van der Waals surface area contributed by atoms with Crippen LogP contribution in [0.3, 0.4) is 0 Å². The van der Waals surface area contributed by atoms with Crippen LogP contribution < -0.4 is 10.9 Å². The lowest BCUT2D eigenvalue weighted by atomic mass is 10.2. The first-order chi connectivity index (χ1) is 13.7. The normalized spacial score (nSPS) is 13.1. The second-order valence-corrected chi connectivity index (χ2v) is 9.29. The monoisotopic (exact) mass is 434 g/mol. The van der Waals surface area contributed by atoms with Gasteiger partial charge in [0.15, 0.2) is 0 Å². The first-order valence-corrected chi connectivity index (χ1v) is 10.9. The molecule has 0 saturated carbocycles. The van der Waals surface area contributed by atoms with Crippen molar-refractivity contribution in [1.82, 2.24) is 19.2 Å². The highest BCUT2D eigenvalue weighted by molar-refractivity contribution is 7.89. The van der Waals surface area contributed by atoms with Crippen LogP contribution in [0.4, 0.5) is 0 Å². The van der Waals surface area contributed by atoms with Crippen molar-refractivity contribution < 1.29 is 8.42 Å². The number of fused-ring (bicyclic) bond motifs is 1. The molecule has 0 radical (unpaired) electrons. The van der Waals surface area contributed by atoms with Gasteiger partial charge in [0.05, 0.1) is 21.8 Å². The van der Waals surface area contributed by atoms with Crippen LogP contribution in [-0.2, 0) is 17.1 Å². The number of nitrogens with zero attached hydrogens (tertiary/aromatic N) is 3. The molecule has 29 heavy (non-hydrogen) atoms. The summed E-state index contributed by atoms with van der Waals surface area (Å²) in [7, 11) is -0.383. The molecule has 0 aliphatic rings. The minimum atomic E-state index is -3.60. The van der Waals surface area contributed by atoms with E-state index in [-0.39, 0.29) is 23.0 Å². The maximum absolute atomic E-state index is 12.6. The molecular weight excluding hydrogens is 412 g/mol. The number of rotatable bonds is 7. The Balaban J connectivity index is 1.69. The zero-order valence-electron chi connectivity index (χ0n) is 16.5. The highest BCUT2D eigenvalue weighted by Crippen LogP contribution is 2.17. The van der Waals surface area contributed by atoms with Crippen molar-refractivity contribution in [3.05, 3.63) is 69.7 Å². The largest absolute Gasteiger partial charge is 0.306 e. The van der Waals surface area contributed by atoms with Gasteiger partial charge in [-0.2, -0.15) is 4.31 Å². The predicted octanol–water partition coefficient (Wildman–Crippen LogP) is 2.56. The zero-order chi connectivity index (χ0) is 21.2. The number of halogens is 1. The van der Waals surface area contributed by atoms with Gasteiger partial charge in [-0.3, -0.25) is 9.36 Å². The third-order valence-corrected chi connectivity index (χ3v) is 6.93. The molecule has 1 atom stereocenters. The van der Waals surface area contributed by atoms with Crippen LogP contribution in [0.5, 0.6) is 0 Å². The molecule has 0 fully saturated rings. The molecule has 9 heteroatoms. The molecule has 0 bridgehead atoms. The van der Waals surface area contributed by atoms with Gasteiger partial charge in [-0.05, 0) is 43.3 Å². The molecule has 0 aliphatic carbocycles. The van der Waals surface area contributed by atoms with Gasteiger partial charge in [0.1, 0.15) is 5.82 Å². The van der Waals surface area contributed by atoms with Crippen LogP contribution >= 0.6 is 11.6 Å². The zero-order valence-corrected chi connectivity index (χ0v) is 18.0. The second-order valence-electron chi connectivity index (χ2n) is 6.81. The average Bonchev–Trinajstić information content (AvgIpc) is 2.70. The Hall–Kier alpha value is -2.26. The third-order valence-electron chi connectivity index (χ3n) is 4.80. The lowest BCUT2D eigenvalue weighted by Crippen LogP contribution is -2.36. The highest BCUT2D eigenvalue weighted by Gasteiger charge is 2.21. The lowest BCUT2D eigenvalue weighted by Gasteiger charge is -2.20. The van der Waals surface area contributed by atoms with Gasteiger partial charge in [0.25, 0.3) is 5.56 Å². The fourth-order valence-electron chi connectivity index (χ4n) is 3.06. The van der Waals surface area contributed by atoms with Gasteiger partial charge in [0.2, 0.25) is 10.0 Å². The lowest BCUT2D eigenvalue weighted by molar-refractivity contribution is 0.435. The maximum atomic E-state index is 12.6.